The summed E-state index contributed by atoms with van der Waals surface area (Å²) in [7, 11) is 0. The first-order valence-electron chi connectivity index (χ1n) is 3.21. The summed E-state index contributed by atoms with van der Waals surface area (Å²) in [4.78, 5) is 0. The maximum absolute atomic E-state index is 13.1. The molecule has 7 heteroatoms. The van der Waals surface area contributed by atoms with E-state index < -0.39 is 22.3 Å². The predicted octanol–water partition coefficient (Wildman–Crippen LogP) is 2.83. The molecule has 0 heterocycles. The topological polar surface area (TPSA) is 20.2 Å². The Labute approximate surface area is 82.6 Å². The summed E-state index contributed by atoms with van der Waals surface area (Å²) in [6, 6.07) is 0. The van der Waals surface area contributed by atoms with E-state index >= 15 is 0 Å². The van der Waals surface area contributed by atoms with Crippen LogP contribution < -0.4 is 0 Å². The normalized spacial score (nSPS) is 21.0. The second-order valence-corrected chi connectivity index (χ2v) is 4.14. The summed E-state index contributed by atoms with van der Waals surface area (Å²) in [5.41, 5.74) is -2.47. The highest BCUT2D eigenvalue weighted by Gasteiger charge is 2.60. The first-order chi connectivity index (χ1) is 5.40. The molecule has 0 aromatic rings. The molecule has 0 saturated heterocycles. The fraction of sp³-hybridized carbons (Fsp3) is 1.00. The summed E-state index contributed by atoms with van der Waals surface area (Å²) in [5.74, 6) is 0. The zero-order chi connectivity index (χ0) is 11.1. The maximum atomic E-state index is 13.1. The highest BCUT2D eigenvalue weighted by atomic mass is 35.5. The van der Waals surface area contributed by atoms with E-state index in [0.717, 1.165) is 13.8 Å². The van der Waals surface area contributed by atoms with Crippen molar-refractivity contribution in [3.63, 3.8) is 0 Å². The van der Waals surface area contributed by atoms with Gasteiger partial charge in [-0.1, -0.05) is 11.6 Å². The maximum Gasteiger partial charge on any atom is 0.356 e. The number of halogens is 6. The zero-order valence-corrected chi connectivity index (χ0v) is 8.30. The van der Waals surface area contributed by atoms with Crippen LogP contribution in [0.2, 0.25) is 0 Å². The van der Waals surface area contributed by atoms with Crippen LogP contribution >= 0.6 is 23.2 Å². The average Bonchev–Trinajstić information content (AvgIpc) is 1.81. The van der Waals surface area contributed by atoms with Gasteiger partial charge in [0.25, 0.3) is 0 Å². The fourth-order valence-electron chi connectivity index (χ4n) is 0.516. The van der Waals surface area contributed by atoms with E-state index in [1.807, 2.05) is 0 Å². The van der Waals surface area contributed by atoms with E-state index in [1.165, 1.54) is 0 Å². The third-order valence-corrected chi connectivity index (χ3v) is 2.27. The molecule has 0 amide bonds. The minimum absolute atomic E-state index is 0.759. The highest BCUT2D eigenvalue weighted by molar-refractivity contribution is 6.26. The molecule has 0 bridgehead atoms. The molecular weight excluding hydrogens is 235 g/mol. The van der Waals surface area contributed by atoms with Gasteiger partial charge >= 0.3 is 5.38 Å². The molecule has 0 aromatic carbocycles. The largest absolute Gasteiger partial charge is 0.386 e. The molecule has 0 fully saturated rings. The second kappa shape index (κ2) is 3.44. The summed E-state index contributed by atoms with van der Waals surface area (Å²) < 4.78 is 49.9. The smallest absolute Gasteiger partial charge is 0.356 e. The molecular formula is C6H8Cl2F4O. The minimum Gasteiger partial charge on any atom is -0.386 e. The van der Waals surface area contributed by atoms with Crippen molar-refractivity contribution in [1.29, 1.82) is 0 Å². The van der Waals surface area contributed by atoms with E-state index in [2.05, 4.69) is 11.6 Å². The number of alkyl halides is 6. The highest BCUT2D eigenvalue weighted by Crippen LogP contribution is 2.44. The van der Waals surface area contributed by atoms with E-state index in [-0.39, 0.29) is 0 Å². The standard InChI is InChI=1S/C6H8Cl2F4O/c1-4(2,13)5(7,10)3(9)6(8,11)12/h3,13H,1-2H3. The molecule has 0 aliphatic heterocycles. The molecule has 1 N–H and O–H groups in total. The lowest BCUT2D eigenvalue weighted by molar-refractivity contribution is -0.122. The molecule has 80 valence electrons. The summed E-state index contributed by atoms with van der Waals surface area (Å²) >= 11 is 9.02. The van der Waals surface area contributed by atoms with E-state index in [9.17, 15) is 17.6 Å². The van der Waals surface area contributed by atoms with E-state index in [1.54, 1.807) is 0 Å². The van der Waals surface area contributed by atoms with Gasteiger partial charge in [-0.3, -0.25) is 0 Å². The lowest BCUT2D eigenvalue weighted by atomic mass is 9.98. The van der Waals surface area contributed by atoms with Crippen molar-refractivity contribution in [3.8, 4) is 0 Å². The molecule has 2 unspecified atom stereocenters. The quantitative estimate of drug-likeness (QED) is 0.596. The van der Waals surface area contributed by atoms with Crippen LogP contribution in [0.1, 0.15) is 13.8 Å². The first-order valence-corrected chi connectivity index (χ1v) is 3.97. The van der Waals surface area contributed by atoms with Crippen LogP contribution in [0.15, 0.2) is 0 Å². The van der Waals surface area contributed by atoms with Crippen molar-refractivity contribution >= 4 is 23.2 Å². The molecule has 0 aliphatic rings. The fourth-order valence-corrected chi connectivity index (χ4v) is 0.859. The predicted molar refractivity (Wildman–Crippen MR) is 41.7 cm³/mol. The van der Waals surface area contributed by atoms with Gasteiger partial charge < -0.3 is 5.11 Å². The van der Waals surface area contributed by atoms with Crippen molar-refractivity contribution < 1.29 is 22.7 Å². The number of rotatable bonds is 3. The van der Waals surface area contributed by atoms with Gasteiger partial charge in [-0.15, -0.1) is 0 Å². The van der Waals surface area contributed by atoms with Gasteiger partial charge in [0, 0.05) is 0 Å². The molecule has 0 aromatic heterocycles. The number of hydrogen-bond acceptors (Lipinski definition) is 1. The third-order valence-electron chi connectivity index (χ3n) is 1.42. The van der Waals surface area contributed by atoms with Crippen molar-refractivity contribution in [3.05, 3.63) is 0 Å². The Morgan fingerprint density at radius 2 is 1.46 bits per heavy atom. The lowest BCUT2D eigenvalue weighted by Gasteiger charge is -2.34. The van der Waals surface area contributed by atoms with Gasteiger partial charge in [0.15, 0.2) is 0 Å². The Kier molecular flexibility index (Phi) is 3.51. The second-order valence-electron chi connectivity index (χ2n) is 3.09. The monoisotopic (exact) mass is 242 g/mol. The molecule has 13 heavy (non-hydrogen) atoms. The van der Waals surface area contributed by atoms with Gasteiger partial charge in [-0.05, 0) is 25.4 Å². The molecule has 2 atom stereocenters. The van der Waals surface area contributed by atoms with E-state index in [0.29, 0.717) is 0 Å². The van der Waals surface area contributed by atoms with Crippen LogP contribution in [0, 0.1) is 0 Å². The molecule has 0 spiro atoms. The van der Waals surface area contributed by atoms with E-state index in [4.69, 9.17) is 16.7 Å². The Morgan fingerprint density at radius 1 is 1.15 bits per heavy atom. The van der Waals surface area contributed by atoms with Gasteiger partial charge in [-0.25, -0.2) is 8.78 Å². The Morgan fingerprint density at radius 3 is 1.54 bits per heavy atom. The van der Waals surface area contributed by atoms with Crippen LogP contribution in [0.4, 0.5) is 17.6 Å². The Balaban J connectivity index is 4.86. The Hall–Kier alpha value is 0.260. The summed E-state index contributed by atoms with van der Waals surface area (Å²) in [5, 5.41) is 0.838. The lowest BCUT2D eigenvalue weighted by Crippen LogP contribution is -2.53. The van der Waals surface area contributed by atoms with Crippen LogP contribution in [-0.2, 0) is 0 Å². The van der Waals surface area contributed by atoms with Gasteiger partial charge in [0.2, 0.25) is 11.3 Å². The molecule has 0 radical (unpaired) electrons. The average molecular weight is 243 g/mol. The first kappa shape index (κ1) is 13.3. The minimum atomic E-state index is -4.46. The number of aliphatic hydroxyl groups is 1. The van der Waals surface area contributed by atoms with Crippen molar-refractivity contribution in [2.75, 3.05) is 0 Å². The van der Waals surface area contributed by atoms with Crippen molar-refractivity contribution in [2.24, 2.45) is 0 Å². The van der Waals surface area contributed by atoms with Crippen LogP contribution in [0.25, 0.3) is 0 Å². The van der Waals surface area contributed by atoms with Crippen LogP contribution in [-0.4, -0.2) is 27.4 Å². The van der Waals surface area contributed by atoms with Crippen LogP contribution in [0.5, 0.6) is 0 Å². The third kappa shape index (κ3) is 2.86. The van der Waals surface area contributed by atoms with Gasteiger partial charge in [-0.2, -0.15) is 8.78 Å². The summed E-state index contributed by atoms with van der Waals surface area (Å²) in [6.07, 6.45) is -3.50. The Bertz CT molecular complexity index is 184. The molecule has 0 aliphatic carbocycles. The van der Waals surface area contributed by atoms with Crippen molar-refractivity contribution in [1.82, 2.24) is 0 Å². The van der Waals surface area contributed by atoms with Crippen LogP contribution in [0.3, 0.4) is 0 Å². The molecule has 0 rings (SSSR count). The molecule has 0 saturated carbocycles. The number of hydrogen-bond donors (Lipinski definition) is 1. The summed E-state index contributed by atoms with van der Waals surface area (Å²) in [6.45, 7) is 1.52. The van der Waals surface area contributed by atoms with Gasteiger partial charge in [0.1, 0.15) is 5.60 Å². The van der Waals surface area contributed by atoms with Gasteiger partial charge in [0.05, 0.1) is 0 Å². The van der Waals surface area contributed by atoms with Crippen molar-refractivity contribution in [2.45, 2.75) is 36.1 Å². The SMILES string of the molecule is CC(C)(O)C(F)(Cl)C(F)C(F)(F)Cl. The molecule has 1 nitrogen and oxygen atoms in total. The zero-order valence-electron chi connectivity index (χ0n) is 6.79.